The Hall–Kier alpha value is -1.96. The van der Waals surface area contributed by atoms with Crippen LogP contribution < -0.4 is 0 Å². The van der Waals surface area contributed by atoms with E-state index in [0.717, 1.165) is 25.7 Å². The molecule has 8 nitrogen and oxygen atoms in total. The molecule has 0 spiro atoms. The highest BCUT2D eigenvalue weighted by Crippen LogP contribution is 2.15. The van der Waals surface area contributed by atoms with Crippen LogP contribution in [0.4, 0.5) is 0 Å². The van der Waals surface area contributed by atoms with Crippen LogP contribution in [-0.2, 0) is 19.2 Å². The van der Waals surface area contributed by atoms with Crippen LogP contribution in [0.2, 0.25) is 0 Å². The third-order valence-corrected chi connectivity index (χ3v) is 5.86. The molecule has 0 radical (unpaired) electrons. The summed E-state index contributed by atoms with van der Waals surface area (Å²) in [6, 6.07) is -1.74. The molecule has 1 unspecified atom stereocenters. The van der Waals surface area contributed by atoms with Crippen molar-refractivity contribution in [1.82, 2.24) is 4.90 Å². The molecule has 0 aliphatic carbocycles. The monoisotopic (exact) mass is 471 g/mol. The number of Topliss-reactive ketones (excluding diaryl/α,β-unsaturated/α-hetero) is 1. The van der Waals surface area contributed by atoms with Crippen LogP contribution >= 0.6 is 0 Å². The van der Waals surface area contributed by atoms with Gasteiger partial charge in [0, 0.05) is 6.42 Å². The molecule has 0 aliphatic heterocycles. The summed E-state index contributed by atoms with van der Waals surface area (Å²) in [6.07, 6.45) is 19.1. The molecule has 33 heavy (non-hydrogen) atoms. The molecule has 0 aromatic carbocycles. The first-order valence-corrected chi connectivity index (χ1v) is 12.7. The lowest BCUT2D eigenvalue weighted by Gasteiger charge is -2.24. The van der Waals surface area contributed by atoms with Gasteiger partial charge in [0.15, 0.2) is 11.8 Å². The lowest BCUT2D eigenvalue weighted by atomic mass is 10.0. The molecule has 1 atom stereocenters. The highest BCUT2D eigenvalue weighted by atomic mass is 16.4. The Kier molecular flexibility index (Phi) is 19.4. The van der Waals surface area contributed by atoms with Gasteiger partial charge in [0.2, 0.25) is 0 Å². The van der Waals surface area contributed by atoms with E-state index in [1.54, 1.807) is 0 Å². The van der Waals surface area contributed by atoms with E-state index in [4.69, 9.17) is 10.2 Å². The third-order valence-electron chi connectivity index (χ3n) is 5.86. The number of carbonyl (C=O) groups excluding carboxylic acids is 1. The fourth-order valence-corrected chi connectivity index (χ4v) is 4.07. The van der Waals surface area contributed by atoms with Crippen molar-refractivity contribution in [3.63, 3.8) is 0 Å². The summed E-state index contributed by atoms with van der Waals surface area (Å²) in [6.45, 7) is 0.617. The smallest absolute Gasteiger partial charge is 0.328 e. The number of carboxylic acid groups (broad SMARTS) is 3. The van der Waals surface area contributed by atoms with Crippen LogP contribution in [-0.4, -0.2) is 63.0 Å². The molecule has 0 bridgehead atoms. The minimum absolute atomic E-state index is 0.00511. The summed E-state index contributed by atoms with van der Waals surface area (Å²) < 4.78 is 0. The summed E-state index contributed by atoms with van der Waals surface area (Å²) in [5, 5.41) is 27.1. The number of hydrogen-bond acceptors (Lipinski definition) is 5. The van der Waals surface area contributed by atoms with Gasteiger partial charge in [-0.25, -0.2) is 0 Å². The lowest BCUT2D eigenvalue weighted by molar-refractivity contribution is -0.152. The highest BCUT2D eigenvalue weighted by Gasteiger charge is 2.34. The van der Waals surface area contributed by atoms with Crippen molar-refractivity contribution in [2.45, 2.75) is 122 Å². The number of aliphatic carboxylic acids is 3. The second-order valence-corrected chi connectivity index (χ2v) is 8.95. The Bertz CT molecular complexity index is 549. The SMILES string of the molecule is CCCCCCCCCCCCCCCCCCC(=O)C(C(=O)O)N(CC(=O)O)CC(=O)O. The van der Waals surface area contributed by atoms with Gasteiger partial charge in [0.1, 0.15) is 0 Å². The van der Waals surface area contributed by atoms with Gasteiger partial charge in [-0.2, -0.15) is 0 Å². The molecule has 0 heterocycles. The first-order chi connectivity index (χ1) is 15.8. The van der Waals surface area contributed by atoms with Crippen molar-refractivity contribution in [3.8, 4) is 0 Å². The van der Waals surface area contributed by atoms with E-state index in [1.807, 2.05) is 0 Å². The van der Waals surface area contributed by atoms with Gasteiger partial charge in [-0.3, -0.25) is 24.1 Å². The predicted molar refractivity (Wildman–Crippen MR) is 127 cm³/mol. The molecule has 0 amide bonds. The Balaban J connectivity index is 3.86. The highest BCUT2D eigenvalue weighted by molar-refractivity contribution is 6.03. The number of ketones is 1. The maximum Gasteiger partial charge on any atom is 0.328 e. The zero-order valence-electron chi connectivity index (χ0n) is 20.4. The van der Waals surface area contributed by atoms with E-state index >= 15 is 0 Å². The predicted octanol–water partition coefficient (Wildman–Crippen LogP) is 5.13. The lowest BCUT2D eigenvalue weighted by Crippen LogP contribution is -2.50. The second kappa shape index (κ2) is 20.6. The van der Waals surface area contributed by atoms with Crippen LogP contribution in [0.1, 0.15) is 116 Å². The summed E-state index contributed by atoms with van der Waals surface area (Å²) in [5.74, 6) is -4.91. The van der Waals surface area contributed by atoms with Crippen molar-refractivity contribution in [2.75, 3.05) is 13.1 Å². The average molecular weight is 472 g/mol. The minimum Gasteiger partial charge on any atom is -0.480 e. The van der Waals surface area contributed by atoms with Crippen molar-refractivity contribution >= 4 is 23.7 Å². The molecule has 0 saturated heterocycles. The van der Waals surface area contributed by atoms with Gasteiger partial charge in [-0.15, -0.1) is 0 Å². The molecule has 8 heteroatoms. The number of unbranched alkanes of at least 4 members (excludes halogenated alkanes) is 15. The zero-order valence-corrected chi connectivity index (χ0v) is 20.4. The van der Waals surface area contributed by atoms with Gasteiger partial charge in [-0.05, 0) is 6.42 Å². The fourth-order valence-electron chi connectivity index (χ4n) is 4.07. The van der Waals surface area contributed by atoms with Gasteiger partial charge in [-0.1, -0.05) is 103 Å². The van der Waals surface area contributed by atoms with E-state index in [1.165, 1.54) is 70.6 Å². The summed E-state index contributed by atoms with van der Waals surface area (Å²) in [7, 11) is 0. The zero-order chi connectivity index (χ0) is 24.9. The van der Waals surface area contributed by atoms with Crippen LogP contribution in [0.15, 0.2) is 0 Å². The van der Waals surface area contributed by atoms with Crippen molar-refractivity contribution < 1.29 is 34.5 Å². The van der Waals surface area contributed by atoms with E-state index in [2.05, 4.69) is 6.92 Å². The van der Waals surface area contributed by atoms with E-state index in [-0.39, 0.29) is 6.42 Å². The number of hydrogen-bond donors (Lipinski definition) is 3. The van der Waals surface area contributed by atoms with E-state index in [0.29, 0.717) is 11.3 Å². The molecular weight excluding hydrogens is 426 g/mol. The first-order valence-electron chi connectivity index (χ1n) is 12.7. The maximum absolute atomic E-state index is 12.3. The third kappa shape index (κ3) is 18.2. The van der Waals surface area contributed by atoms with Gasteiger partial charge < -0.3 is 15.3 Å². The Labute approximate surface area is 198 Å². The molecule has 0 aromatic heterocycles. The Morgan fingerprint density at radius 3 is 1.21 bits per heavy atom. The molecule has 0 saturated carbocycles. The Morgan fingerprint density at radius 2 is 0.909 bits per heavy atom. The number of carboxylic acids is 3. The van der Waals surface area contributed by atoms with Crippen molar-refractivity contribution in [2.24, 2.45) is 0 Å². The largest absolute Gasteiger partial charge is 0.480 e. The first kappa shape index (κ1) is 31.0. The van der Waals surface area contributed by atoms with Crippen LogP contribution in [0.25, 0.3) is 0 Å². The molecule has 3 N–H and O–H groups in total. The summed E-state index contributed by atoms with van der Waals surface area (Å²) in [5.41, 5.74) is 0. The maximum atomic E-state index is 12.3. The molecule has 0 aliphatic rings. The number of nitrogens with zero attached hydrogens (tertiary/aromatic N) is 1. The molecular formula is C25H45NO7. The number of rotatable bonds is 24. The second-order valence-electron chi connectivity index (χ2n) is 8.95. The van der Waals surface area contributed by atoms with Crippen LogP contribution in [0.5, 0.6) is 0 Å². The molecule has 192 valence electrons. The quantitative estimate of drug-likeness (QED) is 0.130. The van der Waals surface area contributed by atoms with Crippen LogP contribution in [0.3, 0.4) is 0 Å². The van der Waals surface area contributed by atoms with Gasteiger partial charge >= 0.3 is 17.9 Å². The van der Waals surface area contributed by atoms with Crippen LogP contribution in [0, 0.1) is 0 Å². The minimum atomic E-state index is -1.74. The van der Waals surface area contributed by atoms with E-state index < -0.39 is 42.8 Å². The van der Waals surface area contributed by atoms with Gasteiger partial charge in [0.25, 0.3) is 0 Å². The normalized spacial score (nSPS) is 12.1. The standard InChI is InChI=1S/C25H45NO7/c1-2-3-4-5-6-7-8-9-10-11-12-13-14-15-16-17-18-21(27)24(25(32)33)26(19-22(28)29)20-23(30)31/h24H,2-20H2,1H3,(H,28,29)(H,30,31)(H,32,33). The summed E-state index contributed by atoms with van der Waals surface area (Å²) in [4.78, 5) is 46.3. The summed E-state index contributed by atoms with van der Waals surface area (Å²) >= 11 is 0. The Morgan fingerprint density at radius 1 is 0.576 bits per heavy atom. The fraction of sp³-hybridized carbons (Fsp3) is 0.840. The number of carbonyl (C=O) groups is 4. The molecule has 0 rings (SSSR count). The van der Waals surface area contributed by atoms with E-state index in [9.17, 15) is 24.3 Å². The molecule has 0 aromatic rings. The molecule has 0 fully saturated rings. The van der Waals surface area contributed by atoms with Gasteiger partial charge in [0.05, 0.1) is 13.1 Å². The van der Waals surface area contributed by atoms with Crippen molar-refractivity contribution in [1.29, 1.82) is 0 Å². The average Bonchev–Trinajstić information content (AvgIpc) is 2.72. The topological polar surface area (TPSA) is 132 Å². The van der Waals surface area contributed by atoms with Crippen molar-refractivity contribution in [3.05, 3.63) is 0 Å².